The molecule has 4 unspecified atom stereocenters. The fourth-order valence-corrected chi connectivity index (χ4v) is 6.12. The summed E-state index contributed by atoms with van der Waals surface area (Å²) in [6, 6.07) is 7.98. The SMILES string of the molecule is C[C@H]1C(OC(C#N)c2ccc([N+](=O)[O-])cc2)O[C@@H]2O[C@@]3(C)CC[C@H]4[C@H](C)CCC1C24OO3. The normalized spacial score (nSPS) is 43.6. The van der Waals surface area contributed by atoms with E-state index in [4.69, 9.17) is 24.0 Å². The molecule has 5 aliphatic rings. The van der Waals surface area contributed by atoms with Crippen molar-refractivity contribution in [1.82, 2.24) is 0 Å². The van der Waals surface area contributed by atoms with Crippen LogP contribution in [0.4, 0.5) is 5.69 Å². The van der Waals surface area contributed by atoms with E-state index >= 15 is 0 Å². The Balaban J connectivity index is 1.42. The first kappa shape index (κ1) is 21.7. The van der Waals surface area contributed by atoms with Gasteiger partial charge in [0, 0.05) is 30.4 Å². The molecule has 172 valence electrons. The zero-order valence-electron chi connectivity index (χ0n) is 18.4. The van der Waals surface area contributed by atoms with E-state index in [-0.39, 0.29) is 23.4 Å². The zero-order valence-corrected chi connectivity index (χ0v) is 18.4. The van der Waals surface area contributed by atoms with Crippen LogP contribution in [0.3, 0.4) is 0 Å². The molecule has 0 radical (unpaired) electrons. The molecule has 1 spiro atoms. The second-order valence-electron chi connectivity index (χ2n) is 9.77. The molecule has 1 aromatic rings. The van der Waals surface area contributed by atoms with Gasteiger partial charge in [-0.15, -0.1) is 0 Å². The lowest BCUT2D eigenvalue weighted by molar-refractivity contribution is -0.578. The van der Waals surface area contributed by atoms with Gasteiger partial charge in [0.15, 0.2) is 24.3 Å². The number of ether oxygens (including phenoxy) is 3. The molecule has 9 heteroatoms. The van der Waals surface area contributed by atoms with Crippen molar-refractivity contribution in [3.05, 3.63) is 39.9 Å². The molecule has 4 aliphatic heterocycles. The summed E-state index contributed by atoms with van der Waals surface area (Å²) < 4.78 is 18.8. The predicted octanol–water partition coefficient (Wildman–Crippen LogP) is 4.38. The first-order valence-corrected chi connectivity index (χ1v) is 11.3. The standard InChI is InChI=1S/C23H28N2O7/c1-13-4-9-18-14(2)20(28-19(12-24)15-5-7-16(8-6-15)25(26)27)29-21-23(18)17(13)10-11-22(3,30-21)31-32-23/h5-8,13-14,17-21H,4,9-11H2,1-3H3/t13-,14-,17+,18?,19?,20?,21-,22-,23?/m1/s1. The maximum absolute atomic E-state index is 10.9. The topological polar surface area (TPSA) is 113 Å². The first-order valence-electron chi connectivity index (χ1n) is 11.3. The van der Waals surface area contributed by atoms with E-state index in [0.717, 1.165) is 25.7 Å². The quantitative estimate of drug-likeness (QED) is 0.382. The lowest BCUT2D eigenvalue weighted by atomic mass is 9.58. The highest BCUT2D eigenvalue weighted by atomic mass is 17.3. The van der Waals surface area contributed by atoms with Gasteiger partial charge in [-0.25, -0.2) is 9.78 Å². The third-order valence-electron chi connectivity index (χ3n) is 7.89. The second kappa shape index (κ2) is 7.75. The molecule has 0 N–H and O–H groups in total. The van der Waals surface area contributed by atoms with Crippen LogP contribution in [0.2, 0.25) is 0 Å². The summed E-state index contributed by atoms with van der Waals surface area (Å²) in [5.41, 5.74) is -0.188. The highest BCUT2D eigenvalue weighted by molar-refractivity contribution is 5.35. The Morgan fingerprint density at radius 1 is 1.19 bits per heavy atom. The van der Waals surface area contributed by atoms with Crippen LogP contribution in [0.1, 0.15) is 58.1 Å². The van der Waals surface area contributed by atoms with Gasteiger partial charge in [-0.05, 0) is 55.7 Å². The number of benzene rings is 1. The fourth-order valence-electron chi connectivity index (χ4n) is 6.12. The number of nitro benzene ring substituents is 1. The molecule has 32 heavy (non-hydrogen) atoms. The zero-order chi connectivity index (χ0) is 22.7. The fraction of sp³-hybridized carbons (Fsp3) is 0.696. The van der Waals surface area contributed by atoms with Gasteiger partial charge in [-0.1, -0.05) is 13.8 Å². The van der Waals surface area contributed by atoms with E-state index in [9.17, 15) is 15.4 Å². The average molecular weight is 444 g/mol. The number of fused-ring (bicyclic) bond motifs is 2. The van der Waals surface area contributed by atoms with E-state index in [1.54, 1.807) is 12.1 Å². The summed E-state index contributed by atoms with van der Waals surface area (Å²) in [5, 5.41) is 20.7. The minimum atomic E-state index is -0.925. The minimum Gasteiger partial charge on any atom is -0.329 e. The number of hydrogen-bond donors (Lipinski definition) is 0. The molecule has 9 atom stereocenters. The van der Waals surface area contributed by atoms with Crippen molar-refractivity contribution in [3.63, 3.8) is 0 Å². The molecule has 0 aromatic heterocycles. The van der Waals surface area contributed by atoms with Gasteiger partial charge in [0.1, 0.15) is 0 Å². The van der Waals surface area contributed by atoms with E-state index in [1.165, 1.54) is 12.1 Å². The third-order valence-corrected chi connectivity index (χ3v) is 7.89. The maximum atomic E-state index is 10.9. The van der Waals surface area contributed by atoms with Gasteiger partial charge < -0.3 is 14.2 Å². The number of nitrogens with zero attached hydrogens (tertiary/aromatic N) is 2. The summed E-state index contributed by atoms with van der Waals surface area (Å²) in [5.74, 6) is -0.145. The highest BCUT2D eigenvalue weighted by Gasteiger charge is 2.69. The first-order chi connectivity index (χ1) is 15.3. The number of nitro groups is 1. The van der Waals surface area contributed by atoms with Gasteiger partial charge in [-0.2, -0.15) is 5.26 Å². The average Bonchev–Trinajstić information content (AvgIpc) is 3.01. The van der Waals surface area contributed by atoms with Crippen LogP contribution in [0.15, 0.2) is 24.3 Å². The van der Waals surface area contributed by atoms with E-state index < -0.39 is 35.0 Å². The van der Waals surface area contributed by atoms with Crippen LogP contribution in [0.25, 0.3) is 0 Å². The lowest BCUT2D eigenvalue weighted by Crippen LogP contribution is -2.70. The van der Waals surface area contributed by atoms with Gasteiger partial charge in [-0.3, -0.25) is 10.1 Å². The molecule has 1 aliphatic carbocycles. The molecule has 2 bridgehead atoms. The van der Waals surface area contributed by atoms with Crippen LogP contribution < -0.4 is 0 Å². The van der Waals surface area contributed by atoms with Crippen LogP contribution in [0, 0.1) is 45.1 Å². The second-order valence-corrected chi connectivity index (χ2v) is 9.77. The number of hydrogen-bond acceptors (Lipinski definition) is 8. The highest BCUT2D eigenvalue weighted by Crippen LogP contribution is 2.60. The molecule has 4 heterocycles. The summed E-state index contributed by atoms with van der Waals surface area (Å²) in [6.07, 6.45) is 1.40. The molecule has 1 saturated carbocycles. The Labute approximate surface area is 186 Å². The molecular weight excluding hydrogens is 416 g/mol. The lowest BCUT2D eigenvalue weighted by Gasteiger charge is -2.60. The Morgan fingerprint density at radius 2 is 1.94 bits per heavy atom. The van der Waals surface area contributed by atoms with Gasteiger partial charge in [0.2, 0.25) is 5.79 Å². The smallest absolute Gasteiger partial charge is 0.269 e. The summed E-state index contributed by atoms with van der Waals surface area (Å²) in [4.78, 5) is 22.4. The van der Waals surface area contributed by atoms with E-state index in [1.807, 2.05) is 6.92 Å². The molecule has 6 rings (SSSR count). The van der Waals surface area contributed by atoms with Crippen LogP contribution in [-0.4, -0.2) is 28.9 Å². The summed E-state index contributed by atoms with van der Waals surface area (Å²) in [6.45, 7) is 6.17. The van der Waals surface area contributed by atoms with Crippen molar-refractivity contribution < 1.29 is 28.9 Å². The Kier molecular flexibility index (Phi) is 5.26. The Morgan fingerprint density at radius 3 is 2.62 bits per heavy atom. The number of nitriles is 1. The molecule has 1 aromatic carbocycles. The van der Waals surface area contributed by atoms with Crippen molar-refractivity contribution in [3.8, 4) is 6.07 Å². The van der Waals surface area contributed by atoms with Crippen molar-refractivity contribution in [2.24, 2.45) is 23.7 Å². The van der Waals surface area contributed by atoms with Crippen molar-refractivity contribution in [1.29, 1.82) is 5.26 Å². The van der Waals surface area contributed by atoms with Gasteiger partial charge >= 0.3 is 0 Å². The van der Waals surface area contributed by atoms with Crippen molar-refractivity contribution in [2.75, 3.05) is 0 Å². The van der Waals surface area contributed by atoms with Crippen LogP contribution >= 0.6 is 0 Å². The monoisotopic (exact) mass is 444 g/mol. The number of non-ortho nitro benzene ring substituents is 1. The molecule has 0 amide bonds. The molecule has 4 saturated heterocycles. The third kappa shape index (κ3) is 3.25. The van der Waals surface area contributed by atoms with Gasteiger partial charge in [0.05, 0.1) is 11.0 Å². The predicted molar refractivity (Wildman–Crippen MR) is 109 cm³/mol. The van der Waals surface area contributed by atoms with Crippen molar-refractivity contribution >= 4 is 5.69 Å². The Bertz CT molecular complexity index is 933. The molecule has 5 fully saturated rings. The van der Waals surface area contributed by atoms with Crippen LogP contribution in [0.5, 0.6) is 0 Å². The Hall–Kier alpha value is -2.09. The summed E-state index contributed by atoms with van der Waals surface area (Å²) >= 11 is 0. The minimum absolute atomic E-state index is 0.0368. The van der Waals surface area contributed by atoms with E-state index in [0.29, 0.717) is 11.5 Å². The largest absolute Gasteiger partial charge is 0.329 e. The van der Waals surface area contributed by atoms with Gasteiger partial charge in [0.25, 0.3) is 5.69 Å². The van der Waals surface area contributed by atoms with Crippen molar-refractivity contribution in [2.45, 2.75) is 76.5 Å². The molecular formula is C23H28N2O7. The summed E-state index contributed by atoms with van der Waals surface area (Å²) in [7, 11) is 0. The van der Waals surface area contributed by atoms with E-state index in [2.05, 4.69) is 19.9 Å². The maximum Gasteiger partial charge on any atom is 0.269 e. The van der Waals surface area contributed by atoms with Crippen LogP contribution in [-0.2, 0) is 24.0 Å². The number of rotatable bonds is 4. The molecule has 9 nitrogen and oxygen atoms in total.